The average Bonchev–Trinajstić information content (AvgIpc) is 3.36. The Labute approximate surface area is 145 Å². The molecule has 128 valence electrons. The lowest BCUT2D eigenvalue weighted by Gasteiger charge is -2.41. The van der Waals surface area contributed by atoms with E-state index in [1.54, 1.807) is 0 Å². The molecule has 4 heteroatoms. The summed E-state index contributed by atoms with van der Waals surface area (Å²) in [6.45, 7) is 6.15. The molecule has 1 saturated carbocycles. The van der Waals surface area contributed by atoms with Gasteiger partial charge in [0.05, 0.1) is 31.8 Å². The molecule has 0 unspecified atom stereocenters. The number of likely N-dealkylation sites (tertiary alicyclic amines) is 1. The van der Waals surface area contributed by atoms with Gasteiger partial charge in [0.2, 0.25) is 0 Å². The minimum absolute atomic E-state index is 0.169. The van der Waals surface area contributed by atoms with Gasteiger partial charge in [0.15, 0.2) is 5.54 Å². The third-order valence-electron chi connectivity index (χ3n) is 6.13. The number of nitrogens with one attached hydrogen (secondary N) is 1. The normalized spacial score (nSPS) is 21.4. The van der Waals surface area contributed by atoms with Crippen LogP contribution in [-0.4, -0.2) is 36.1 Å². The molecule has 0 aromatic heterocycles. The summed E-state index contributed by atoms with van der Waals surface area (Å²) in [7, 11) is 2.27. The van der Waals surface area contributed by atoms with Gasteiger partial charge in [-0.05, 0) is 62.8 Å². The highest BCUT2D eigenvalue weighted by Gasteiger charge is 2.63. The number of hydrogen-bond acceptors (Lipinski definition) is 2. The standard InChI is InChI=1S/C20H27N3O/c1-15-12-17(14-21)13-16(2)18(15)22-19(24)20(8-9-20)23(3)10-6-4-5-7-11-23/h12-13H,4-11H2,1-3H3/p+1. The van der Waals surface area contributed by atoms with Crippen LogP contribution in [0.5, 0.6) is 0 Å². The number of amides is 1. The summed E-state index contributed by atoms with van der Waals surface area (Å²) in [6.07, 6.45) is 7.01. The van der Waals surface area contributed by atoms with Crippen molar-refractivity contribution in [2.45, 2.75) is 57.9 Å². The second kappa shape index (κ2) is 6.22. The summed E-state index contributed by atoms with van der Waals surface area (Å²) in [5, 5.41) is 12.3. The van der Waals surface area contributed by atoms with Crippen molar-refractivity contribution < 1.29 is 9.28 Å². The number of nitrogens with zero attached hydrogens (tertiary/aromatic N) is 2. The maximum absolute atomic E-state index is 13.2. The highest BCUT2D eigenvalue weighted by molar-refractivity contribution is 6.00. The summed E-state index contributed by atoms with van der Waals surface area (Å²) in [4.78, 5) is 13.2. The van der Waals surface area contributed by atoms with Crippen LogP contribution >= 0.6 is 0 Å². The van der Waals surface area contributed by atoms with Crippen LogP contribution in [0.3, 0.4) is 0 Å². The third-order valence-corrected chi connectivity index (χ3v) is 6.13. The highest BCUT2D eigenvalue weighted by Crippen LogP contribution is 2.48. The van der Waals surface area contributed by atoms with Gasteiger partial charge < -0.3 is 9.80 Å². The Morgan fingerprint density at radius 3 is 2.12 bits per heavy atom. The fourth-order valence-corrected chi connectivity index (χ4v) is 4.40. The molecular weight excluding hydrogens is 298 g/mol. The molecule has 1 heterocycles. The number of carbonyl (C=O) groups excluding carboxylic acids is 1. The Morgan fingerprint density at radius 1 is 1.12 bits per heavy atom. The van der Waals surface area contributed by atoms with Gasteiger partial charge in [-0.2, -0.15) is 5.26 Å². The topological polar surface area (TPSA) is 52.9 Å². The van der Waals surface area contributed by atoms with Gasteiger partial charge in [-0.15, -0.1) is 0 Å². The first kappa shape index (κ1) is 17.0. The first-order chi connectivity index (χ1) is 11.4. The first-order valence-corrected chi connectivity index (χ1v) is 9.09. The molecule has 4 nitrogen and oxygen atoms in total. The van der Waals surface area contributed by atoms with Gasteiger partial charge in [-0.3, -0.25) is 4.79 Å². The smallest absolute Gasteiger partial charge is 0.285 e. The number of likely N-dealkylation sites (N-methyl/N-ethyl adjacent to an activating group) is 1. The van der Waals surface area contributed by atoms with Crippen molar-refractivity contribution in [3.63, 3.8) is 0 Å². The van der Waals surface area contributed by atoms with E-state index in [1.165, 1.54) is 25.7 Å². The molecule has 0 atom stereocenters. The van der Waals surface area contributed by atoms with Crippen LogP contribution in [0.25, 0.3) is 0 Å². The molecule has 1 amide bonds. The molecule has 24 heavy (non-hydrogen) atoms. The second-order valence-corrected chi connectivity index (χ2v) is 7.84. The number of hydrogen-bond donors (Lipinski definition) is 1. The molecule has 3 rings (SSSR count). The molecule has 1 N–H and O–H groups in total. The van der Waals surface area contributed by atoms with E-state index < -0.39 is 0 Å². The van der Waals surface area contributed by atoms with Crippen molar-refractivity contribution in [1.29, 1.82) is 5.26 Å². The Bertz CT molecular complexity index is 666. The summed E-state index contributed by atoms with van der Waals surface area (Å²) >= 11 is 0. The Balaban J connectivity index is 1.84. The Morgan fingerprint density at radius 2 is 1.67 bits per heavy atom. The highest BCUT2D eigenvalue weighted by atomic mass is 16.2. The summed E-state index contributed by atoms with van der Waals surface area (Å²) in [5.41, 5.74) is 3.22. The van der Waals surface area contributed by atoms with E-state index >= 15 is 0 Å². The molecule has 1 aliphatic heterocycles. The number of aryl methyl sites for hydroxylation is 2. The molecule has 0 spiro atoms. The van der Waals surface area contributed by atoms with Crippen LogP contribution in [0.4, 0.5) is 5.69 Å². The van der Waals surface area contributed by atoms with Gasteiger partial charge in [0.1, 0.15) is 0 Å². The lowest BCUT2D eigenvalue weighted by molar-refractivity contribution is -0.933. The van der Waals surface area contributed by atoms with Crippen LogP contribution in [0, 0.1) is 25.2 Å². The van der Waals surface area contributed by atoms with E-state index in [9.17, 15) is 4.79 Å². The second-order valence-electron chi connectivity index (χ2n) is 7.84. The van der Waals surface area contributed by atoms with Crippen LogP contribution in [-0.2, 0) is 4.79 Å². The molecule has 1 aromatic rings. The van der Waals surface area contributed by atoms with E-state index in [4.69, 9.17) is 5.26 Å². The fraction of sp³-hybridized carbons (Fsp3) is 0.600. The number of rotatable bonds is 3. The molecule has 1 saturated heterocycles. The minimum atomic E-state index is -0.239. The van der Waals surface area contributed by atoms with Crippen LogP contribution in [0.1, 0.15) is 55.2 Å². The number of quaternary nitrogens is 1. The number of carbonyl (C=O) groups is 1. The maximum atomic E-state index is 13.2. The zero-order valence-electron chi connectivity index (χ0n) is 15.1. The monoisotopic (exact) mass is 326 g/mol. The Kier molecular flexibility index (Phi) is 4.40. The SMILES string of the molecule is Cc1cc(C#N)cc(C)c1NC(=O)C1([N+]2(C)CCCCCC2)CC1. The van der Waals surface area contributed by atoms with Crippen molar-refractivity contribution in [2.75, 3.05) is 25.5 Å². The van der Waals surface area contributed by atoms with E-state index in [0.717, 1.165) is 47.2 Å². The lowest BCUT2D eigenvalue weighted by Crippen LogP contribution is -2.60. The third kappa shape index (κ3) is 2.82. The molecule has 1 aliphatic carbocycles. The summed E-state index contributed by atoms with van der Waals surface area (Å²) in [6, 6.07) is 5.88. The van der Waals surface area contributed by atoms with Crippen LogP contribution in [0.15, 0.2) is 12.1 Å². The predicted molar refractivity (Wildman–Crippen MR) is 95.6 cm³/mol. The van der Waals surface area contributed by atoms with Crippen molar-refractivity contribution in [2.24, 2.45) is 0 Å². The number of benzene rings is 1. The van der Waals surface area contributed by atoms with Gasteiger partial charge in [-0.25, -0.2) is 0 Å². The molecular formula is C20H28N3O+. The van der Waals surface area contributed by atoms with E-state index in [-0.39, 0.29) is 11.4 Å². The lowest BCUT2D eigenvalue weighted by atomic mass is 10.0. The minimum Gasteiger partial charge on any atom is -0.320 e. The summed E-state index contributed by atoms with van der Waals surface area (Å²) < 4.78 is 0.896. The van der Waals surface area contributed by atoms with E-state index in [2.05, 4.69) is 18.4 Å². The zero-order valence-corrected chi connectivity index (χ0v) is 15.1. The van der Waals surface area contributed by atoms with Crippen molar-refractivity contribution in [1.82, 2.24) is 0 Å². The zero-order chi connectivity index (χ0) is 17.4. The van der Waals surface area contributed by atoms with Gasteiger partial charge in [-0.1, -0.05) is 0 Å². The fourth-order valence-electron chi connectivity index (χ4n) is 4.40. The Hall–Kier alpha value is -1.86. The average molecular weight is 326 g/mol. The molecule has 1 aromatic carbocycles. The van der Waals surface area contributed by atoms with E-state index in [1.807, 2.05) is 26.0 Å². The molecule has 2 fully saturated rings. The molecule has 0 radical (unpaired) electrons. The van der Waals surface area contributed by atoms with Crippen molar-refractivity contribution in [3.8, 4) is 6.07 Å². The first-order valence-electron chi connectivity index (χ1n) is 9.09. The largest absolute Gasteiger partial charge is 0.320 e. The van der Waals surface area contributed by atoms with Crippen LogP contribution in [0.2, 0.25) is 0 Å². The van der Waals surface area contributed by atoms with Crippen molar-refractivity contribution in [3.05, 3.63) is 28.8 Å². The summed E-state index contributed by atoms with van der Waals surface area (Å²) in [5.74, 6) is 0.169. The maximum Gasteiger partial charge on any atom is 0.285 e. The predicted octanol–water partition coefficient (Wildman–Crippen LogP) is 3.67. The van der Waals surface area contributed by atoms with Gasteiger partial charge >= 0.3 is 0 Å². The van der Waals surface area contributed by atoms with Gasteiger partial charge in [0, 0.05) is 18.5 Å². The quantitative estimate of drug-likeness (QED) is 0.862. The van der Waals surface area contributed by atoms with Crippen molar-refractivity contribution >= 4 is 11.6 Å². The van der Waals surface area contributed by atoms with Crippen LogP contribution < -0.4 is 5.32 Å². The van der Waals surface area contributed by atoms with Gasteiger partial charge in [0.25, 0.3) is 5.91 Å². The number of nitriles is 1. The number of anilines is 1. The molecule has 0 bridgehead atoms. The van der Waals surface area contributed by atoms with E-state index in [0.29, 0.717) is 5.56 Å². The molecule has 2 aliphatic rings.